The number of nitrogens with one attached hydrogen (secondary N) is 1. The predicted octanol–water partition coefficient (Wildman–Crippen LogP) is 1.11. The normalized spacial score (nSPS) is 11.1. The van der Waals surface area contributed by atoms with Crippen LogP contribution in [0.5, 0.6) is 0 Å². The molecule has 0 bridgehead atoms. The van der Waals surface area contributed by atoms with Gasteiger partial charge in [0.05, 0.1) is 5.52 Å². The van der Waals surface area contributed by atoms with Crippen LogP contribution in [0.2, 0.25) is 0 Å². The van der Waals surface area contributed by atoms with Crippen molar-refractivity contribution in [2.45, 2.75) is 6.54 Å². The Hall–Kier alpha value is -1.20. The van der Waals surface area contributed by atoms with Gasteiger partial charge in [0, 0.05) is 19.5 Å². The van der Waals surface area contributed by atoms with E-state index in [1.807, 2.05) is 18.2 Å². The second-order valence-electron chi connectivity index (χ2n) is 3.31. The van der Waals surface area contributed by atoms with Crippen LogP contribution in [-0.2, 0) is 13.6 Å². The quantitative estimate of drug-likeness (QED) is 0.606. The lowest BCUT2D eigenvalue weighted by Crippen LogP contribution is -2.11. The third-order valence-electron chi connectivity index (χ3n) is 2.30. The van der Waals surface area contributed by atoms with Crippen LogP contribution in [0, 0.1) is 0 Å². The summed E-state index contributed by atoms with van der Waals surface area (Å²) < 4.78 is 6.53. The fraction of sp³-hybridized carbons (Fsp3) is 0.300. The minimum Gasteiger partial charge on any atom is -0.408 e. The molecule has 0 spiro atoms. The van der Waals surface area contributed by atoms with Crippen LogP contribution >= 0.6 is 12.6 Å². The van der Waals surface area contributed by atoms with Crippen molar-refractivity contribution in [3.05, 3.63) is 34.3 Å². The number of nitrogens with zero attached hydrogens (tertiary/aromatic N) is 1. The van der Waals surface area contributed by atoms with E-state index in [4.69, 9.17) is 4.42 Å². The zero-order valence-electron chi connectivity index (χ0n) is 8.36. The third-order valence-corrected chi connectivity index (χ3v) is 2.52. The van der Waals surface area contributed by atoms with Crippen LogP contribution < -0.4 is 11.1 Å². The fourth-order valence-electron chi connectivity index (χ4n) is 1.48. The summed E-state index contributed by atoms with van der Waals surface area (Å²) in [6.45, 7) is 0.735. The number of benzene rings is 1. The molecule has 0 amide bonds. The van der Waals surface area contributed by atoms with Gasteiger partial charge in [-0.05, 0) is 17.7 Å². The molecule has 15 heavy (non-hydrogen) atoms. The standard InChI is InChI=1S/C10H12N2O2S/c1-12-8-4-7(5-11-6-15)2-3-9(8)14-10(12)13/h2-4,11,15H,5-6H2,1H3. The molecular weight excluding hydrogens is 212 g/mol. The smallest absolute Gasteiger partial charge is 0.408 e. The van der Waals surface area contributed by atoms with Crippen molar-refractivity contribution in [3.8, 4) is 0 Å². The molecule has 0 aliphatic heterocycles. The molecule has 1 heterocycles. The zero-order chi connectivity index (χ0) is 10.8. The number of aryl methyl sites for hydroxylation is 1. The molecule has 2 rings (SSSR count). The maximum atomic E-state index is 11.2. The summed E-state index contributed by atoms with van der Waals surface area (Å²) in [4.78, 5) is 11.2. The Morgan fingerprint density at radius 3 is 3.07 bits per heavy atom. The molecule has 0 aliphatic carbocycles. The van der Waals surface area contributed by atoms with Gasteiger partial charge >= 0.3 is 5.76 Å². The topological polar surface area (TPSA) is 47.2 Å². The van der Waals surface area contributed by atoms with Gasteiger partial charge in [0.2, 0.25) is 0 Å². The van der Waals surface area contributed by atoms with Crippen LogP contribution in [-0.4, -0.2) is 10.4 Å². The van der Waals surface area contributed by atoms with E-state index in [0.717, 1.165) is 17.6 Å². The van der Waals surface area contributed by atoms with Gasteiger partial charge in [-0.1, -0.05) is 6.07 Å². The Morgan fingerprint density at radius 2 is 2.33 bits per heavy atom. The highest BCUT2D eigenvalue weighted by Gasteiger charge is 2.05. The van der Waals surface area contributed by atoms with Crippen LogP contribution in [0.25, 0.3) is 11.1 Å². The first-order chi connectivity index (χ1) is 7.22. The van der Waals surface area contributed by atoms with Crippen LogP contribution in [0.1, 0.15) is 5.56 Å². The van der Waals surface area contributed by atoms with Gasteiger partial charge in [0.25, 0.3) is 0 Å². The Balaban J connectivity index is 2.45. The van der Waals surface area contributed by atoms with Crippen molar-refractivity contribution >= 4 is 23.7 Å². The first kappa shape index (κ1) is 10.3. The fourth-order valence-corrected chi connectivity index (χ4v) is 1.59. The van der Waals surface area contributed by atoms with Gasteiger partial charge in [0.1, 0.15) is 0 Å². The third kappa shape index (κ3) is 1.93. The van der Waals surface area contributed by atoms with E-state index >= 15 is 0 Å². The zero-order valence-corrected chi connectivity index (χ0v) is 9.25. The minimum atomic E-state index is -0.329. The van der Waals surface area contributed by atoms with Crippen molar-refractivity contribution in [1.29, 1.82) is 0 Å². The minimum absolute atomic E-state index is 0.329. The molecule has 1 N–H and O–H groups in total. The number of rotatable bonds is 3. The molecule has 5 heteroatoms. The molecule has 1 aromatic heterocycles. The molecule has 80 valence electrons. The molecule has 0 unspecified atom stereocenters. The lowest BCUT2D eigenvalue weighted by Gasteiger charge is -2.01. The predicted molar refractivity (Wildman–Crippen MR) is 62.1 cm³/mol. The van der Waals surface area contributed by atoms with Gasteiger partial charge < -0.3 is 9.73 Å². The van der Waals surface area contributed by atoms with Gasteiger partial charge in [-0.3, -0.25) is 4.57 Å². The van der Waals surface area contributed by atoms with Gasteiger partial charge in [-0.25, -0.2) is 4.79 Å². The highest BCUT2D eigenvalue weighted by atomic mass is 32.1. The van der Waals surface area contributed by atoms with Crippen molar-refractivity contribution in [1.82, 2.24) is 9.88 Å². The molecular formula is C10H12N2O2S. The van der Waals surface area contributed by atoms with E-state index in [2.05, 4.69) is 17.9 Å². The van der Waals surface area contributed by atoms with Gasteiger partial charge in [-0.15, -0.1) is 0 Å². The highest BCUT2D eigenvalue weighted by molar-refractivity contribution is 7.80. The summed E-state index contributed by atoms with van der Waals surface area (Å²) in [5, 5.41) is 3.10. The number of hydrogen-bond acceptors (Lipinski definition) is 4. The summed E-state index contributed by atoms with van der Waals surface area (Å²) >= 11 is 4.06. The Bertz CT molecular complexity index is 530. The number of aromatic nitrogens is 1. The first-order valence-corrected chi connectivity index (χ1v) is 5.25. The van der Waals surface area contributed by atoms with Crippen LogP contribution in [0.4, 0.5) is 0 Å². The number of thiol groups is 1. The van der Waals surface area contributed by atoms with Crippen molar-refractivity contribution in [2.75, 3.05) is 5.88 Å². The lowest BCUT2D eigenvalue weighted by atomic mass is 10.2. The summed E-state index contributed by atoms with van der Waals surface area (Å²) in [7, 11) is 1.70. The summed E-state index contributed by atoms with van der Waals surface area (Å²) in [6.07, 6.45) is 0. The number of fused-ring (bicyclic) bond motifs is 1. The summed E-state index contributed by atoms with van der Waals surface area (Å²) in [5.41, 5.74) is 2.54. The number of hydrogen-bond donors (Lipinski definition) is 2. The Labute approximate surface area is 92.3 Å². The Kier molecular flexibility index (Phi) is 2.83. The first-order valence-electron chi connectivity index (χ1n) is 4.62. The van der Waals surface area contributed by atoms with E-state index in [-0.39, 0.29) is 5.76 Å². The van der Waals surface area contributed by atoms with Crippen molar-refractivity contribution in [3.63, 3.8) is 0 Å². The largest absolute Gasteiger partial charge is 0.419 e. The van der Waals surface area contributed by atoms with E-state index in [0.29, 0.717) is 11.5 Å². The van der Waals surface area contributed by atoms with Gasteiger partial charge in [0.15, 0.2) is 5.58 Å². The average Bonchev–Trinajstić information content (AvgIpc) is 2.52. The highest BCUT2D eigenvalue weighted by Crippen LogP contribution is 2.13. The molecule has 0 aliphatic rings. The van der Waals surface area contributed by atoms with E-state index in [9.17, 15) is 4.79 Å². The second-order valence-corrected chi connectivity index (χ2v) is 3.63. The van der Waals surface area contributed by atoms with Crippen LogP contribution in [0.3, 0.4) is 0 Å². The second kappa shape index (κ2) is 4.12. The molecule has 0 radical (unpaired) electrons. The van der Waals surface area contributed by atoms with E-state index in [1.165, 1.54) is 4.57 Å². The van der Waals surface area contributed by atoms with E-state index in [1.54, 1.807) is 7.05 Å². The molecule has 4 nitrogen and oxygen atoms in total. The van der Waals surface area contributed by atoms with Gasteiger partial charge in [-0.2, -0.15) is 12.6 Å². The molecule has 0 atom stereocenters. The molecule has 2 aromatic rings. The Morgan fingerprint density at radius 1 is 1.53 bits per heavy atom. The summed E-state index contributed by atoms with van der Waals surface area (Å²) in [5.74, 6) is 0.298. The monoisotopic (exact) mass is 224 g/mol. The van der Waals surface area contributed by atoms with Crippen molar-refractivity contribution in [2.24, 2.45) is 7.05 Å². The molecule has 1 aromatic carbocycles. The molecule has 0 saturated carbocycles. The van der Waals surface area contributed by atoms with Crippen LogP contribution in [0.15, 0.2) is 27.4 Å². The molecule has 0 fully saturated rings. The lowest BCUT2D eigenvalue weighted by molar-refractivity contribution is 0.528. The SMILES string of the molecule is Cn1c(=O)oc2ccc(CNCS)cc21. The van der Waals surface area contributed by atoms with E-state index < -0.39 is 0 Å². The average molecular weight is 224 g/mol. The maximum Gasteiger partial charge on any atom is 0.419 e. The maximum absolute atomic E-state index is 11.2. The summed E-state index contributed by atoms with van der Waals surface area (Å²) in [6, 6.07) is 5.69. The molecule has 0 saturated heterocycles. The van der Waals surface area contributed by atoms with Crippen molar-refractivity contribution < 1.29 is 4.42 Å². The number of oxazole rings is 1.